The lowest BCUT2D eigenvalue weighted by Crippen LogP contribution is -2.29. The van der Waals surface area contributed by atoms with Gasteiger partial charge in [0.2, 0.25) is 5.91 Å². The summed E-state index contributed by atoms with van der Waals surface area (Å²) in [6.45, 7) is 12.6. The van der Waals surface area contributed by atoms with Gasteiger partial charge in [-0.25, -0.2) is 0 Å². The first kappa shape index (κ1) is 18.3. The molecule has 1 aromatic rings. The lowest BCUT2D eigenvalue weighted by Gasteiger charge is -2.16. The molecule has 0 bridgehead atoms. The van der Waals surface area contributed by atoms with Crippen molar-refractivity contribution in [3.63, 3.8) is 0 Å². The monoisotopic (exact) mass is 338 g/mol. The van der Waals surface area contributed by atoms with Crippen LogP contribution < -0.4 is 5.32 Å². The van der Waals surface area contributed by atoms with Crippen LogP contribution in [0.1, 0.15) is 49.7 Å². The zero-order valence-corrected chi connectivity index (χ0v) is 15.7. The molecule has 1 aliphatic heterocycles. The number of likely N-dealkylation sites (tertiary alicyclic amines) is 1. The Labute approximate surface area is 144 Å². The van der Waals surface area contributed by atoms with Gasteiger partial charge in [0, 0.05) is 30.1 Å². The second-order valence-corrected chi connectivity index (χ2v) is 7.40. The smallest absolute Gasteiger partial charge is 0.230 e. The summed E-state index contributed by atoms with van der Waals surface area (Å²) in [6.07, 6.45) is 2.65. The molecule has 23 heavy (non-hydrogen) atoms. The molecule has 1 aromatic heterocycles. The average Bonchev–Trinajstić information content (AvgIpc) is 3.11. The first-order valence-electron chi connectivity index (χ1n) is 8.66. The Balaban J connectivity index is 1.75. The minimum absolute atomic E-state index is 0.0157. The van der Waals surface area contributed by atoms with E-state index in [2.05, 4.69) is 29.2 Å². The first-order chi connectivity index (χ1) is 11.0. The van der Waals surface area contributed by atoms with E-state index < -0.39 is 0 Å². The maximum Gasteiger partial charge on any atom is 0.230 e. The van der Waals surface area contributed by atoms with E-state index in [0.717, 1.165) is 35.8 Å². The fourth-order valence-corrected chi connectivity index (χ4v) is 4.17. The van der Waals surface area contributed by atoms with Crippen molar-refractivity contribution in [1.82, 2.24) is 20.0 Å². The Morgan fingerprint density at radius 1 is 1.35 bits per heavy atom. The highest BCUT2D eigenvalue weighted by Crippen LogP contribution is 2.21. The molecule has 0 unspecified atom stereocenters. The molecule has 2 heterocycles. The molecule has 1 amide bonds. The Morgan fingerprint density at radius 2 is 2.04 bits per heavy atom. The zero-order chi connectivity index (χ0) is 16.8. The Hall–Kier alpha value is -1.01. The lowest BCUT2D eigenvalue weighted by atomic mass is 10.1. The molecule has 0 saturated carbocycles. The van der Waals surface area contributed by atoms with E-state index in [9.17, 15) is 4.79 Å². The molecule has 1 atom stereocenters. The number of rotatable bonds is 8. The molecule has 1 fully saturated rings. The Kier molecular flexibility index (Phi) is 6.96. The summed E-state index contributed by atoms with van der Waals surface area (Å²) in [6, 6.07) is 0.0157. The number of hydrogen-bond acceptors (Lipinski definition) is 4. The molecule has 2 rings (SSSR count). The van der Waals surface area contributed by atoms with Gasteiger partial charge in [0.1, 0.15) is 0 Å². The number of hydrogen-bond donors (Lipinski definition) is 1. The van der Waals surface area contributed by atoms with Gasteiger partial charge < -0.3 is 10.2 Å². The third kappa shape index (κ3) is 4.98. The zero-order valence-electron chi connectivity index (χ0n) is 14.9. The Bertz CT molecular complexity index is 523. The molecule has 0 radical (unpaired) electrons. The van der Waals surface area contributed by atoms with Gasteiger partial charge in [-0.05, 0) is 53.6 Å². The third-order valence-corrected chi connectivity index (χ3v) is 5.47. The van der Waals surface area contributed by atoms with Crippen LogP contribution in [0, 0.1) is 13.8 Å². The highest BCUT2D eigenvalue weighted by atomic mass is 32.2. The molecule has 6 heteroatoms. The predicted octanol–water partition coefficient (Wildman–Crippen LogP) is 2.53. The summed E-state index contributed by atoms with van der Waals surface area (Å²) in [5.74, 6) is 1.69. The van der Waals surface area contributed by atoms with Crippen LogP contribution in [0.15, 0.2) is 0 Å². The maximum absolute atomic E-state index is 12.1. The van der Waals surface area contributed by atoms with Crippen molar-refractivity contribution >= 4 is 17.7 Å². The minimum atomic E-state index is 0.0157. The quantitative estimate of drug-likeness (QED) is 0.740. The minimum Gasteiger partial charge on any atom is -0.349 e. The van der Waals surface area contributed by atoms with E-state index in [4.69, 9.17) is 0 Å². The molecule has 1 N–H and O–H groups in total. The van der Waals surface area contributed by atoms with Gasteiger partial charge in [-0.15, -0.1) is 0 Å². The van der Waals surface area contributed by atoms with Crippen molar-refractivity contribution in [2.24, 2.45) is 0 Å². The number of carbonyl (C=O) groups excluding carboxylic acids is 1. The van der Waals surface area contributed by atoms with E-state index in [1.54, 1.807) is 11.8 Å². The van der Waals surface area contributed by atoms with Crippen LogP contribution in [0.4, 0.5) is 0 Å². The van der Waals surface area contributed by atoms with Gasteiger partial charge in [-0.1, -0.05) is 0 Å². The lowest BCUT2D eigenvalue weighted by molar-refractivity contribution is -0.119. The second-order valence-electron chi connectivity index (χ2n) is 6.29. The largest absolute Gasteiger partial charge is 0.349 e. The number of nitrogens with one attached hydrogen (secondary N) is 1. The van der Waals surface area contributed by atoms with Crippen LogP contribution >= 0.6 is 11.8 Å². The number of aromatic nitrogens is 2. The van der Waals surface area contributed by atoms with Crippen molar-refractivity contribution in [2.45, 2.75) is 53.1 Å². The molecular formula is C17H30N4OS. The molecule has 0 aliphatic carbocycles. The number of aryl methyl sites for hydroxylation is 2. The predicted molar refractivity (Wildman–Crippen MR) is 96.9 cm³/mol. The van der Waals surface area contributed by atoms with Crippen LogP contribution in [0.5, 0.6) is 0 Å². The van der Waals surface area contributed by atoms with Crippen molar-refractivity contribution < 1.29 is 4.79 Å². The van der Waals surface area contributed by atoms with Gasteiger partial charge in [0.15, 0.2) is 0 Å². The van der Waals surface area contributed by atoms with Crippen LogP contribution in [0.2, 0.25) is 0 Å². The summed E-state index contributed by atoms with van der Waals surface area (Å²) in [4.78, 5) is 14.6. The molecule has 1 saturated heterocycles. The number of thioether (sulfide) groups is 1. The van der Waals surface area contributed by atoms with Crippen LogP contribution in [-0.4, -0.2) is 51.7 Å². The van der Waals surface area contributed by atoms with Crippen molar-refractivity contribution in [1.29, 1.82) is 0 Å². The first-order valence-corrected chi connectivity index (χ1v) is 9.81. The molecule has 130 valence electrons. The van der Waals surface area contributed by atoms with Crippen LogP contribution in [0.25, 0.3) is 0 Å². The standard InChI is InChI=1S/C17H30N4OS/c1-5-21-15(4)17(14(3)19-21)13(2)18-16(22)12-23-11-10-20-8-6-7-9-20/h13H,5-12H2,1-4H3,(H,18,22)/t13-/m0/s1. The van der Waals surface area contributed by atoms with Gasteiger partial charge in [0.25, 0.3) is 0 Å². The molecule has 1 aliphatic rings. The second kappa shape index (κ2) is 8.73. The molecular weight excluding hydrogens is 308 g/mol. The van der Waals surface area contributed by atoms with E-state index in [-0.39, 0.29) is 11.9 Å². The summed E-state index contributed by atoms with van der Waals surface area (Å²) in [7, 11) is 0. The normalized spacial score (nSPS) is 16.7. The van der Waals surface area contributed by atoms with Crippen LogP contribution in [0.3, 0.4) is 0 Å². The van der Waals surface area contributed by atoms with Gasteiger partial charge in [-0.2, -0.15) is 16.9 Å². The van der Waals surface area contributed by atoms with E-state index in [0.29, 0.717) is 5.75 Å². The molecule has 5 nitrogen and oxygen atoms in total. The van der Waals surface area contributed by atoms with Crippen LogP contribution in [-0.2, 0) is 11.3 Å². The maximum atomic E-state index is 12.1. The molecule has 0 aromatic carbocycles. The third-order valence-electron chi connectivity index (χ3n) is 4.53. The fourth-order valence-electron chi connectivity index (χ4n) is 3.37. The van der Waals surface area contributed by atoms with E-state index in [1.807, 2.05) is 18.5 Å². The summed E-state index contributed by atoms with van der Waals surface area (Å²) in [5.41, 5.74) is 3.32. The van der Waals surface area contributed by atoms with E-state index >= 15 is 0 Å². The highest BCUT2D eigenvalue weighted by Gasteiger charge is 2.18. The van der Waals surface area contributed by atoms with Gasteiger partial charge in [0.05, 0.1) is 17.5 Å². The SMILES string of the molecule is CCn1nc(C)c([C@H](C)NC(=O)CSCCN2CCCC2)c1C. The fraction of sp³-hybridized carbons (Fsp3) is 0.765. The number of carbonyl (C=O) groups is 1. The van der Waals surface area contributed by atoms with Gasteiger partial charge >= 0.3 is 0 Å². The van der Waals surface area contributed by atoms with Gasteiger partial charge in [-0.3, -0.25) is 9.48 Å². The summed E-state index contributed by atoms with van der Waals surface area (Å²) in [5, 5.41) is 7.65. The van der Waals surface area contributed by atoms with Crippen molar-refractivity contribution in [3.8, 4) is 0 Å². The number of amides is 1. The summed E-state index contributed by atoms with van der Waals surface area (Å²) >= 11 is 1.73. The topological polar surface area (TPSA) is 50.2 Å². The summed E-state index contributed by atoms with van der Waals surface area (Å²) < 4.78 is 2.00. The van der Waals surface area contributed by atoms with E-state index in [1.165, 1.54) is 25.9 Å². The Morgan fingerprint density at radius 3 is 2.65 bits per heavy atom. The highest BCUT2D eigenvalue weighted by molar-refractivity contribution is 7.99. The molecule has 0 spiro atoms. The van der Waals surface area contributed by atoms with Crippen molar-refractivity contribution in [3.05, 3.63) is 17.0 Å². The van der Waals surface area contributed by atoms with Crippen molar-refractivity contribution in [2.75, 3.05) is 31.1 Å². The average molecular weight is 339 g/mol. The number of nitrogens with zero attached hydrogens (tertiary/aromatic N) is 3.